The molecule has 5 heteroatoms. The molecule has 0 saturated heterocycles. The minimum Gasteiger partial charge on any atom is -0.378 e. The first-order chi connectivity index (χ1) is 10.2. The molecule has 2 N–H and O–H groups in total. The summed E-state index contributed by atoms with van der Waals surface area (Å²) in [6, 6.07) is 7.57. The van der Waals surface area contributed by atoms with Crippen molar-refractivity contribution in [3.63, 3.8) is 0 Å². The van der Waals surface area contributed by atoms with Crippen LogP contribution in [0.25, 0.3) is 0 Å². The summed E-state index contributed by atoms with van der Waals surface area (Å²) in [5.41, 5.74) is 0.811. The van der Waals surface area contributed by atoms with E-state index in [1.54, 1.807) is 0 Å². The van der Waals surface area contributed by atoms with E-state index in [4.69, 9.17) is 4.74 Å². The Bertz CT molecular complexity index is 430. The van der Waals surface area contributed by atoms with Crippen LogP contribution in [0.5, 0.6) is 0 Å². The number of rotatable bonds is 6. The zero-order valence-corrected chi connectivity index (χ0v) is 14.4. The summed E-state index contributed by atoms with van der Waals surface area (Å²) >= 11 is 2.24. The van der Waals surface area contributed by atoms with Crippen molar-refractivity contribution >= 4 is 34.3 Å². The first-order valence-corrected chi connectivity index (χ1v) is 8.74. The van der Waals surface area contributed by atoms with Gasteiger partial charge in [-0.05, 0) is 66.1 Å². The zero-order chi connectivity index (χ0) is 14.9. The normalized spacial score (nSPS) is 15.7. The van der Waals surface area contributed by atoms with E-state index in [0.29, 0.717) is 12.6 Å². The molecule has 1 fully saturated rings. The Balaban J connectivity index is 1.53. The van der Waals surface area contributed by atoms with Gasteiger partial charge in [0.25, 0.3) is 0 Å². The lowest BCUT2D eigenvalue weighted by atomic mass is 9.98. The summed E-state index contributed by atoms with van der Waals surface area (Å²) < 4.78 is 6.97. The average Bonchev–Trinajstić information content (AvgIpc) is 2.50. The summed E-state index contributed by atoms with van der Waals surface area (Å²) in [6.07, 6.45) is 7.63. The fourth-order valence-electron chi connectivity index (χ4n) is 2.46. The van der Waals surface area contributed by atoms with Crippen molar-refractivity contribution in [1.29, 1.82) is 0 Å². The zero-order valence-electron chi connectivity index (χ0n) is 12.2. The molecule has 1 saturated carbocycles. The van der Waals surface area contributed by atoms with Gasteiger partial charge in [0.2, 0.25) is 0 Å². The third-order valence-corrected chi connectivity index (χ3v) is 4.33. The number of amides is 2. The van der Waals surface area contributed by atoms with E-state index < -0.39 is 0 Å². The minimum atomic E-state index is -0.158. The Morgan fingerprint density at radius 2 is 1.90 bits per heavy atom. The summed E-state index contributed by atoms with van der Waals surface area (Å²) in [6.45, 7) is 1.37. The average molecular weight is 402 g/mol. The van der Waals surface area contributed by atoms with Crippen molar-refractivity contribution < 1.29 is 9.53 Å². The van der Waals surface area contributed by atoms with Gasteiger partial charge in [-0.3, -0.25) is 0 Å². The van der Waals surface area contributed by atoms with Crippen molar-refractivity contribution in [2.75, 3.05) is 18.5 Å². The number of ether oxygens (including phenoxy) is 1. The Morgan fingerprint density at radius 1 is 1.19 bits per heavy atom. The van der Waals surface area contributed by atoms with Crippen LogP contribution in [-0.4, -0.2) is 25.3 Å². The molecule has 1 aromatic rings. The molecule has 0 aliphatic heterocycles. The van der Waals surface area contributed by atoms with Gasteiger partial charge in [-0.25, -0.2) is 4.79 Å². The van der Waals surface area contributed by atoms with Gasteiger partial charge >= 0.3 is 6.03 Å². The topological polar surface area (TPSA) is 50.4 Å². The van der Waals surface area contributed by atoms with E-state index in [9.17, 15) is 4.79 Å². The predicted octanol–water partition coefficient (Wildman–Crippen LogP) is 4.15. The van der Waals surface area contributed by atoms with Crippen LogP contribution < -0.4 is 10.6 Å². The third kappa shape index (κ3) is 6.65. The van der Waals surface area contributed by atoms with Crippen LogP contribution in [0.15, 0.2) is 24.3 Å². The minimum absolute atomic E-state index is 0.158. The van der Waals surface area contributed by atoms with Crippen LogP contribution in [0.1, 0.15) is 38.5 Å². The molecule has 0 bridgehead atoms. The van der Waals surface area contributed by atoms with Crippen LogP contribution in [0.3, 0.4) is 0 Å². The molecule has 0 atom stereocenters. The molecular weight excluding hydrogens is 379 g/mol. The first kappa shape index (κ1) is 16.5. The molecule has 4 nitrogen and oxygen atoms in total. The van der Waals surface area contributed by atoms with Crippen molar-refractivity contribution in [1.82, 2.24) is 5.32 Å². The third-order valence-electron chi connectivity index (χ3n) is 3.61. The molecule has 21 heavy (non-hydrogen) atoms. The summed E-state index contributed by atoms with van der Waals surface area (Å²) in [5.74, 6) is 0. The molecule has 0 spiro atoms. The number of urea groups is 1. The van der Waals surface area contributed by atoms with Gasteiger partial charge in [-0.2, -0.15) is 0 Å². The van der Waals surface area contributed by atoms with Crippen molar-refractivity contribution in [2.24, 2.45) is 0 Å². The first-order valence-electron chi connectivity index (χ1n) is 7.66. The highest BCUT2D eigenvalue weighted by Crippen LogP contribution is 2.20. The molecule has 0 heterocycles. The smallest absolute Gasteiger partial charge is 0.319 e. The van der Waals surface area contributed by atoms with E-state index in [-0.39, 0.29) is 6.03 Å². The van der Waals surface area contributed by atoms with Gasteiger partial charge in [0.05, 0.1) is 6.10 Å². The number of halogens is 1. The second kappa shape index (κ2) is 9.25. The second-order valence-corrected chi connectivity index (χ2v) is 6.62. The van der Waals surface area contributed by atoms with Crippen molar-refractivity contribution in [3.8, 4) is 0 Å². The van der Waals surface area contributed by atoms with Crippen LogP contribution in [-0.2, 0) is 4.74 Å². The molecule has 0 radical (unpaired) electrons. The number of nitrogens with one attached hydrogen (secondary N) is 2. The molecule has 116 valence electrons. The van der Waals surface area contributed by atoms with Crippen LogP contribution in [0, 0.1) is 3.57 Å². The number of hydrogen-bond donors (Lipinski definition) is 2. The fraction of sp³-hybridized carbons (Fsp3) is 0.562. The van der Waals surface area contributed by atoms with Crippen molar-refractivity contribution in [3.05, 3.63) is 27.8 Å². The molecule has 0 aromatic heterocycles. The largest absolute Gasteiger partial charge is 0.378 e. The highest BCUT2D eigenvalue weighted by Gasteiger charge is 2.13. The second-order valence-electron chi connectivity index (χ2n) is 5.37. The Labute approximate surface area is 140 Å². The number of carbonyl (C=O) groups is 1. The van der Waals surface area contributed by atoms with E-state index in [1.807, 2.05) is 24.3 Å². The molecule has 1 aromatic carbocycles. The fourth-order valence-corrected chi connectivity index (χ4v) is 2.82. The summed E-state index contributed by atoms with van der Waals surface area (Å²) in [7, 11) is 0. The highest BCUT2D eigenvalue weighted by molar-refractivity contribution is 14.1. The van der Waals surface area contributed by atoms with E-state index in [2.05, 4.69) is 33.2 Å². The molecule has 2 rings (SSSR count). The van der Waals surface area contributed by atoms with Gasteiger partial charge in [-0.15, -0.1) is 0 Å². The van der Waals surface area contributed by atoms with Gasteiger partial charge in [0.1, 0.15) is 0 Å². The van der Waals surface area contributed by atoms with Crippen molar-refractivity contribution in [2.45, 2.75) is 44.6 Å². The lowest BCUT2D eigenvalue weighted by molar-refractivity contribution is 0.0276. The maximum atomic E-state index is 11.7. The van der Waals surface area contributed by atoms with Gasteiger partial charge in [0, 0.05) is 22.4 Å². The van der Waals surface area contributed by atoms with Crippen LogP contribution in [0.2, 0.25) is 0 Å². The van der Waals surface area contributed by atoms with Gasteiger partial charge in [0.15, 0.2) is 0 Å². The maximum absolute atomic E-state index is 11.7. The maximum Gasteiger partial charge on any atom is 0.319 e. The number of benzene rings is 1. The van der Waals surface area contributed by atoms with Crippen LogP contribution in [0.4, 0.5) is 10.5 Å². The molecule has 2 amide bonds. The lowest BCUT2D eigenvalue weighted by Crippen LogP contribution is -2.30. The van der Waals surface area contributed by atoms with E-state index >= 15 is 0 Å². The molecule has 1 aliphatic carbocycles. The van der Waals surface area contributed by atoms with Gasteiger partial charge in [-0.1, -0.05) is 19.3 Å². The monoisotopic (exact) mass is 402 g/mol. The van der Waals surface area contributed by atoms with Gasteiger partial charge < -0.3 is 15.4 Å². The summed E-state index contributed by atoms with van der Waals surface area (Å²) in [5, 5.41) is 5.67. The van der Waals surface area contributed by atoms with Crippen LogP contribution >= 0.6 is 22.6 Å². The SMILES string of the molecule is O=C(NCCCOC1CCCCC1)Nc1ccc(I)cc1. The number of carbonyl (C=O) groups excluding carboxylic acids is 1. The lowest BCUT2D eigenvalue weighted by Gasteiger charge is -2.21. The number of anilines is 1. The van der Waals surface area contributed by atoms with E-state index in [1.165, 1.54) is 32.1 Å². The predicted molar refractivity (Wildman–Crippen MR) is 93.6 cm³/mol. The Morgan fingerprint density at radius 3 is 2.62 bits per heavy atom. The Hall–Kier alpha value is -0.820. The Kier molecular flexibility index (Phi) is 7.29. The molecule has 1 aliphatic rings. The highest BCUT2D eigenvalue weighted by atomic mass is 127. The molecular formula is C16H23IN2O2. The summed E-state index contributed by atoms with van der Waals surface area (Å²) in [4.78, 5) is 11.7. The van der Waals surface area contributed by atoms with E-state index in [0.717, 1.165) is 22.3 Å². The quantitative estimate of drug-likeness (QED) is 0.555. The number of hydrogen-bond acceptors (Lipinski definition) is 2. The standard InChI is InChI=1S/C16H23IN2O2/c17-13-7-9-14(10-8-13)19-16(20)18-11-4-12-21-15-5-2-1-3-6-15/h7-10,15H,1-6,11-12H2,(H2,18,19,20). The molecule has 0 unspecified atom stereocenters.